The summed E-state index contributed by atoms with van der Waals surface area (Å²) in [7, 11) is 1.60. The van der Waals surface area contributed by atoms with E-state index in [9.17, 15) is 9.18 Å². The molecule has 31 heavy (non-hydrogen) atoms. The van der Waals surface area contributed by atoms with Gasteiger partial charge in [0, 0.05) is 36.5 Å². The zero-order chi connectivity index (χ0) is 21.6. The quantitative estimate of drug-likeness (QED) is 0.579. The number of hydrogen-bond donors (Lipinski definition) is 0. The maximum Gasteiger partial charge on any atom is 0.254 e. The van der Waals surface area contributed by atoms with E-state index >= 15 is 0 Å². The summed E-state index contributed by atoms with van der Waals surface area (Å²) < 4.78 is 19.0. The Morgan fingerprint density at radius 3 is 2.84 bits per heavy atom. The van der Waals surface area contributed by atoms with Crippen molar-refractivity contribution < 1.29 is 18.8 Å². The number of halogens is 1. The van der Waals surface area contributed by atoms with E-state index in [4.69, 9.17) is 9.57 Å². The van der Waals surface area contributed by atoms with E-state index in [0.717, 1.165) is 16.8 Å². The SMILES string of the molecule is COc1cccc(CN(C[C@H]2CC(c3cccnc3)=NO2)C(=O)c2cccc(F)c2)c1. The second kappa shape index (κ2) is 9.38. The first kappa shape index (κ1) is 20.5. The van der Waals surface area contributed by atoms with Crippen LogP contribution in [0.25, 0.3) is 0 Å². The third-order valence-electron chi connectivity index (χ3n) is 5.02. The average Bonchev–Trinajstić information content (AvgIpc) is 3.27. The monoisotopic (exact) mass is 419 g/mol. The van der Waals surface area contributed by atoms with Crippen LogP contribution in [0.4, 0.5) is 4.39 Å². The van der Waals surface area contributed by atoms with E-state index in [1.165, 1.54) is 18.2 Å². The van der Waals surface area contributed by atoms with Crippen LogP contribution < -0.4 is 4.74 Å². The molecular formula is C24H22FN3O3. The molecule has 0 saturated carbocycles. The molecule has 158 valence electrons. The molecule has 1 amide bonds. The number of carbonyl (C=O) groups is 1. The smallest absolute Gasteiger partial charge is 0.254 e. The number of carbonyl (C=O) groups excluding carboxylic acids is 1. The number of hydrogen-bond acceptors (Lipinski definition) is 5. The lowest BCUT2D eigenvalue weighted by Gasteiger charge is -2.25. The Morgan fingerprint density at radius 1 is 1.19 bits per heavy atom. The standard InChI is InChI=1S/C24H22FN3O3/c1-30-21-9-2-5-17(11-21)15-28(24(29)18-6-3-8-20(25)12-18)16-22-13-23(27-31-22)19-7-4-10-26-14-19/h2-12,14,22H,13,15-16H2,1H3/t22-/m1/s1. The molecule has 0 radical (unpaired) electrons. The number of amides is 1. The Bertz CT molecular complexity index is 1090. The molecule has 2 heterocycles. The largest absolute Gasteiger partial charge is 0.497 e. The molecule has 1 aliphatic heterocycles. The van der Waals surface area contributed by atoms with Gasteiger partial charge in [0.1, 0.15) is 11.6 Å². The van der Waals surface area contributed by atoms with Crippen molar-refractivity contribution >= 4 is 11.6 Å². The number of aromatic nitrogens is 1. The van der Waals surface area contributed by atoms with E-state index in [0.29, 0.717) is 25.3 Å². The van der Waals surface area contributed by atoms with Gasteiger partial charge in [-0.2, -0.15) is 0 Å². The second-order valence-electron chi connectivity index (χ2n) is 7.26. The van der Waals surface area contributed by atoms with Crippen LogP contribution in [0.15, 0.2) is 78.2 Å². The zero-order valence-corrected chi connectivity index (χ0v) is 17.1. The number of rotatable bonds is 7. The van der Waals surface area contributed by atoms with Crippen LogP contribution >= 0.6 is 0 Å². The zero-order valence-electron chi connectivity index (χ0n) is 17.1. The first-order chi connectivity index (χ1) is 15.1. The van der Waals surface area contributed by atoms with E-state index in [1.807, 2.05) is 36.4 Å². The van der Waals surface area contributed by atoms with Gasteiger partial charge in [0.15, 0.2) is 6.10 Å². The van der Waals surface area contributed by atoms with E-state index < -0.39 is 5.82 Å². The lowest BCUT2D eigenvalue weighted by molar-refractivity contribution is 0.0405. The van der Waals surface area contributed by atoms with Crippen molar-refractivity contribution in [3.63, 3.8) is 0 Å². The molecule has 1 aromatic heterocycles. The summed E-state index contributed by atoms with van der Waals surface area (Å²) in [6.07, 6.45) is 3.68. The summed E-state index contributed by atoms with van der Waals surface area (Å²) in [5.74, 6) is -0.0257. The molecule has 0 aliphatic carbocycles. The molecule has 1 atom stereocenters. The summed E-state index contributed by atoms with van der Waals surface area (Å²) in [6.45, 7) is 0.633. The van der Waals surface area contributed by atoms with Crippen LogP contribution in [0.2, 0.25) is 0 Å². The molecule has 4 rings (SSSR count). The Hall–Kier alpha value is -3.74. The fraction of sp³-hybridized carbons (Fsp3) is 0.208. The summed E-state index contributed by atoms with van der Waals surface area (Å²) in [5.41, 5.74) is 2.86. The Balaban J connectivity index is 1.53. The highest BCUT2D eigenvalue weighted by molar-refractivity contribution is 6.01. The summed E-state index contributed by atoms with van der Waals surface area (Å²) in [4.78, 5) is 24.6. The van der Waals surface area contributed by atoms with Crippen molar-refractivity contribution in [3.8, 4) is 5.75 Å². The molecule has 7 heteroatoms. The van der Waals surface area contributed by atoms with Gasteiger partial charge >= 0.3 is 0 Å². The van der Waals surface area contributed by atoms with Gasteiger partial charge in [-0.25, -0.2) is 4.39 Å². The van der Waals surface area contributed by atoms with Crippen LogP contribution in [0.3, 0.4) is 0 Å². The van der Waals surface area contributed by atoms with Gasteiger partial charge < -0.3 is 14.5 Å². The van der Waals surface area contributed by atoms with Gasteiger partial charge in [-0.1, -0.05) is 23.4 Å². The summed E-state index contributed by atoms with van der Waals surface area (Å²) in [5, 5.41) is 4.18. The first-order valence-corrected chi connectivity index (χ1v) is 9.93. The average molecular weight is 419 g/mol. The predicted molar refractivity (Wildman–Crippen MR) is 114 cm³/mol. The van der Waals surface area contributed by atoms with Crippen LogP contribution in [-0.4, -0.2) is 41.3 Å². The van der Waals surface area contributed by atoms with Crippen LogP contribution in [-0.2, 0) is 11.4 Å². The van der Waals surface area contributed by atoms with Crippen molar-refractivity contribution in [2.75, 3.05) is 13.7 Å². The highest BCUT2D eigenvalue weighted by Crippen LogP contribution is 2.21. The minimum atomic E-state index is -0.452. The molecule has 0 unspecified atom stereocenters. The highest BCUT2D eigenvalue weighted by atomic mass is 19.1. The predicted octanol–water partition coefficient (Wildman–Crippen LogP) is 4.06. The molecule has 6 nitrogen and oxygen atoms in total. The number of benzene rings is 2. The Kier molecular flexibility index (Phi) is 6.21. The van der Waals surface area contributed by atoms with Crippen molar-refractivity contribution in [2.24, 2.45) is 5.16 Å². The molecule has 0 fully saturated rings. The first-order valence-electron chi connectivity index (χ1n) is 9.93. The molecule has 0 spiro atoms. The van der Waals surface area contributed by atoms with Crippen LogP contribution in [0.1, 0.15) is 27.9 Å². The van der Waals surface area contributed by atoms with Gasteiger partial charge in [-0.15, -0.1) is 0 Å². The molecule has 0 saturated heterocycles. The normalized spacial score (nSPS) is 15.2. The number of ether oxygens (including phenoxy) is 1. The fourth-order valence-electron chi connectivity index (χ4n) is 3.49. The van der Waals surface area contributed by atoms with Gasteiger partial charge in [-0.05, 0) is 48.0 Å². The third kappa shape index (κ3) is 5.06. The molecule has 0 bridgehead atoms. The number of methoxy groups -OCH3 is 1. The number of pyridine rings is 1. The number of oxime groups is 1. The Labute approximate surface area is 179 Å². The topological polar surface area (TPSA) is 64.0 Å². The molecule has 2 aromatic carbocycles. The third-order valence-corrected chi connectivity index (χ3v) is 5.02. The van der Waals surface area contributed by atoms with E-state index in [-0.39, 0.29) is 17.6 Å². The van der Waals surface area contributed by atoms with Crippen molar-refractivity contribution in [2.45, 2.75) is 19.1 Å². The second-order valence-corrected chi connectivity index (χ2v) is 7.26. The van der Waals surface area contributed by atoms with Crippen molar-refractivity contribution in [1.29, 1.82) is 0 Å². The number of nitrogens with zero attached hydrogens (tertiary/aromatic N) is 3. The lowest BCUT2D eigenvalue weighted by atomic mass is 10.1. The summed E-state index contributed by atoms with van der Waals surface area (Å²) in [6, 6.07) is 17.0. The molecule has 1 aliphatic rings. The van der Waals surface area contributed by atoms with Crippen LogP contribution in [0, 0.1) is 5.82 Å². The fourth-order valence-corrected chi connectivity index (χ4v) is 3.49. The Morgan fingerprint density at radius 2 is 2.06 bits per heavy atom. The molecular weight excluding hydrogens is 397 g/mol. The minimum Gasteiger partial charge on any atom is -0.497 e. The van der Waals surface area contributed by atoms with Crippen molar-refractivity contribution in [1.82, 2.24) is 9.88 Å². The summed E-state index contributed by atoms with van der Waals surface area (Å²) >= 11 is 0. The maximum atomic E-state index is 13.7. The minimum absolute atomic E-state index is 0.277. The van der Waals surface area contributed by atoms with Gasteiger partial charge in [0.25, 0.3) is 5.91 Å². The molecule has 0 N–H and O–H groups in total. The van der Waals surface area contributed by atoms with Gasteiger partial charge in [-0.3, -0.25) is 9.78 Å². The van der Waals surface area contributed by atoms with Crippen LogP contribution in [0.5, 0.6) is 5.75 Å². The van der Waals surface area contributed by atoms with E-state index in [1.54, 1.807) is 30.5 Å². The van der Waals surface area contributed by atoms with Gasteiger partial charge in [0.2, 0.25) is 0 Å². The van der Waals surface area contributed by atoms with Gasteiger partial charge in [0.05, 0.1) is 19.4 Å². The molecule has 3 aromatic rings. The van der Waals surface area contributed by atoms with Crippen molar-refractivity contribution in [3.05, 3.63) is 95.6 Å². The maximum absolute atomic E-state index is 13.7. The highest BCUT2D eigenvalue weighted by Gasteiger charge is 2.27. The lowest BCUT2D eigenvalue weighted by Crippen LogP contribution is -2.37. The van der Waals surface area contributed by atoms with E-state index in [2.05, 4.69) is 10.1 Å².